The van der Waals surface area contributed by atoms with Crippen molar-refractivity contribution in [2.24, 2.45) is 0 Å². The van der Waals surface area contributed by atoms with E-state index < -0.39 is 0 Å². The van der Waals surface area contributed by atoms with Gasteiger partial charge in [-0.3, -0.25) is 9.59 Å². The highest BCUT2D eigenvalue weighted by atomic mass is 16.2. The largest absolute Gasteiger partial charge is 0.324 e. The van der Waals surface area contributed by atoms with Gasteiger partial charge in [0.15, 0.2) is 0 Å². The molecule has 1 aliphatic rings. The summed E-state index contributed by atoms with van der Waals surface area (Å²) in [7, 11) is 0. The molecule has 1 N–H and O–H groups in total. The number of nitrogens with one attached hydrogen (secondary N) is 1. The molecule has 4 nitrogen and oxygen atoms in total. The quantitative estimate of drug-likeness (QED) is 0.841. The highest BCUT2D eigenvalue weighted by Crippen LogP contribution is 2.32. The van der Waals surface area contributed by atoms with Crippen LogP contribution in [-0.4, -0.2) is 17.9 Å². The molecule has 25 heavy (non-hydrogen) atoms. The molecule has 2 aromatic rings. The van der Waals surface area contributed by atoms with Gasteiger partial charge >= 0.3 is 0 Å². The van der Waals surface area contributed by atoms with Gasteiger partial charge in [-0.1, -0.05) is 45.0 Å². The van der Waals surface area contributed by atoms with E-state index in [1.165, 1.54) is 5.56 Å². The summed E-state index contributed by atoms with van der Waals surface area (Å²) in [5, 5.41) is 2.89. The zero-order valence-corrected chi connectivity index (χ0v) is 15.2. The smallest absolute Gasteiger partial charge is 0.258 e. The molecule has 0 unspecified atom stereocenters. The second-order valence-electron chi connectivity index (χ2n) is 7.62. The van der Waals surface area contributed by atoms with Gasteiger partial charge in [0.1, 0.15) is 0 Å². The fraction of sp³-hybridized carbons (Fsp3) is 0.333. The molecule has 1 atom stereocenters. The Kier molecular flexibility index (Phi) is 4.38. The number of anilines is 2. The number of carbonyl (C=O) groups excluding carboxylic acids is 2. The third kappa shape index (κ3) is 3.43. The average Bonchev–Trinajstić information content (AvgIpc) is 2.68. The highest BCUT2D eigenvalue weighted by molar-refractivity contribution is 6.11. The van der Waals surface area contributed by atoms with Crippen LogP contribution in [0.25, 0.3) is 0 Å². The summed E-state index contributed by atoms with van der Waals surface area (Å²) in [4.78, 5) is 27.0. The van der Waals surface area contributed by atoms with Crippen molar-refractivity contribution in [2.75, 3.05) is 10.2 Å². The Bertz CT molecular complexity index is 803. The lowest BCUT2D eigenvalue weighted by Gasteiger charge is -2.28. The number of rotatable bonds is 1. The molecule has 0 radical (unpaired) electrons. The first kappa shape index (κ1) is 17.2. The van der Waals surface area contributed by atoms with Gasteiger partial charge in [0, 0.05) is 18.0 Å². The second kappa shape index (κ2) is 6.36. The van der Waals surface area contributed by atoms with Crippen LogP contribution in [0.5, 0.6) is 0 Å². The molecule has 1 aliphatic heterocycles. The Morgan fingerprint density at radius 3 is 2.36 bits per heavy atom. The van der Waals surface area contributed by atoms with Crippen LogP contribution >= 0.6 is 0 Å². The van der Waals surface area contributed by atoms with Gasteiger partial charge in [0.25, 0.3) is 5.91 Å². The Balaban J connectivity index is 1.99. The molecule has 1 heterocycles. The van der Waals surface area contributed by atoms with Crippen molar-refractivity contribution in [1.82, 2.24) is 0 Å². The van der Waals surface area contributed by atoms with Crippen molar-refractivity contribution >= 4 is 23.2 Å². The number of hydrogen-bond donors (Lipinski definition) is 1. The first-order valence-corrected chi connectivity index (χ1v) is 8.60. The van der Waals surface area contributed by atoms with Gasteiger partial charge in [-0.15, -0.1) is 0 Å². The third-order valence-electron chi connectivity index (χ3n) is 4.58. The maximum atomic E-state index is 13.2. The summed E-state index contributed by atoms with van der Waals surface area (Å²) < 4.78 is 0. The minimum atomic E-state index is -0.210. The number of nitrogens with zero attached hydrogens (tertiary/aromatic N) is 1. The van der Waals surface area contributed by atoms with Gasteiger partial charge in [-0.05, 0) is 42.2 Å². The van der Waals surface area contributed by atoms with Gasteiger partial charge in [-0.25, -0.2) is 0 Å². The van der Waals surface area contributed by atoms with Crippen molar-refractivity contribution in [1.29, 1.82) is 0 Å². The topological polar surface area (TPSA) is 49.4 Å². The summed E-state index contributed by atoms with van der Waals surface area (Å²) in [5.74, 6) is -0.157. The standard InChI is InChI=1S/C21H24N2O2/c1-14-13-19(24)22-17-7-5-6-8-18(17)23(14)20(25)15-9-11-16(12-10-15)21(2,3)4/h5-12,14H,13H2,1-4H3,(H,22,24)/t14-/m0/s1. The van der Waals surface area contributed by atoms with Crippen LogP contribution in [0.1, 0.15) is 50.0 Å². The molecule has 130 valence electrons. The number of fused-ring (bicyclic) bond motifs is 1. The van der Waals surface area contributed by atoms with Gasteiger partial charge in [0.2, 0.25) is 5.91 Å². The van der Waals surface area contributed by atoms with Crippen LogP contribution in [0.15, 0.2) is 48.5 Å². The SMILES string of the molecule is C[C@H]1CC(=O)Nc2ccccc2N1C(=O)c1ccc(C(C)(C)C)cc1. The van der Waals surface area contributed by atoms with E-state index in [0.717, 1.165) is 5.69 Å². The van der Waals surface area contributed by atoms with Crippen LogP contribution < -0.4 is 10.2 Å². The normalized spacial score (nSPS) is 17.5. The molecule has 3 rings (SSSR count). The van der Waals surface area contributed by atoms with Crippen molar-refractivity contribution in [3.8, 4) is 0 Å². The lowest BCUT2D eigenvalue weighted by molar-refractivity contribution is -0.116. The Labute approximate surface area is 148 Å². The van der Waals surface area contributed by atoms with Gasteiger partial charge in [0.05, 0.1) is 11.4 Å². The summed E-state index contributed by atoms with van der Waals surface area (Å²) >= 11 is 0. The second-order valence-corrected chi connectivity index (χ2v) is 7.62. The van der Waals surface area contributed by atoms with E-state index in [4.69, 9.17) is 0 Å². The Morgan fingerprint density at radius 2 is 1.72 bits per heavy atom. The Hall–Kier alpha value is -2.62. The van der Waals surface area contributed by atoms with E-state index in [9.17, 15) is 9.59 Å². The minimum Gasteiger partial charge on any atom is -0.324 e. The zero-order valence-electron chi connectivity index (χ0n) is 15.2. The van der Waals surface area contributed by atoms with Crippen LogP contribution in [0.2, 0.25) is 0 Å². The van der Waals surface area contributed by atoms with Gasteiger partial charge < -0.3 is 10.2 Å². The molecule has 0 fully saturated rings. The maximum Gasteiger partial charge on any atom is 0.258 e. The molecule has 2 amide bonds. The van der Waals surface area contributed by atoms with E-state index in [0.29, 0.717) is 11.3 Å². The molecule has 0 aromatic heterocycles. The summed E-state index contributed by atoms with van der Waals surface area (Å²) in [6.45, 7) is 8.35. The lowest BCUT2D eigenvalue weighted by atomic mass is 9.86. The van der Waals surface area contributed by atoms with Crippen LogP contribution in [-0.2, 0) is 10.2 Å². The number of carbonyl (C=O) groups is 2. The predicted octanol–water partition coefficient (Wildman–Crippen LogP) is 4.36. The molecule has 4 heteroatoms. The number of amides is 2. The average molecular weight is 336 g/mol. The molecule has 0 bridgehead atoms. The summed E-state index contributed by atoms with van der Waals surface area (Å²) in [5.41, 5.74) is 3.27. The zero-order chi connectivity index (χ0) is 18.2. The summed E-state index contributed by atoms with van der Waals surface area (Å²) in [6, 6.07) is 15.0. The molecular weight excluding hydrogens is 312 g/mol. The number of hydrogen-bond acceptors (Lipinski definition) is 2. The highest BCUT2D eigenvalue weighted by Gasteiger charge is 2.30. The van der Waals surface area contributed by atoms with E-state index in [-0.39, 0.29) is 29.7 Å². The minimum absolute atomic E-state index is 0.0421. The molecule has 0 saturated carbocycles. The summed E-state index contributed by atoms with van der Waals surface area (Å²) in [6.07, 6.45) is 0.278. The third-order valence-corrected chi connectivity index (χ3v) is 4.58. The molecule has 0 saturated heterocycles. The van der Waals surface area contributed by atoms with Crippen molar-refractivity contribution < 1.29 is 9.59 Å². The van der Waals surface area contributed by atoms with E-state index in [1.54, 1.807) is 4.90 Å². The molecule has 2 aromatic carbocycles. The maximum absolute atomic E-state index is 13.2. The fourth-order valence-corrected chi connectivity index (χ4v) is 3.15. The lowest BCUT2D eigenvalue weighted by Crippen LogP contribution is -2.39. The van der Waals surface area contributed by atoms with Crippen LogP contribution in [0, 0.1) is 0 Å². The molecule has 0 aliphatic carbocycles. The van der Waals surface area contributed by atoms with E-state index in [1.807, 2.05) is 55.5 Å². The first-order chi connectivity index (χ1) is 11.8. The predicted molar refractivity (Wildman–Crippen MR) is 101 cm³/mol. The van der Waals surface area contributed by atoms with Crippen molar-refractivity contribution in [2.45, 2.75) is 45.6 Å². The van der Waals surface area contributed by atoms with E-state index >= 15 is 0 Å². The van der Waals surface area contributed by atoms with E-state index in [2.05, 4.69) is 26.1 Å². The fourth-order valence-electron chi connectivity index (χ4n) is 3.15. The number of benzene rings is 2. The van der Waals surface area contributed by atoms with Crippen LogP contribution in [0.3, 0.4) is 0 Å². The monoisotopic (exact) mass is 336 g/mol. The first-order valence-electron chi connectivity index (χ1n) is 8.60. The number of para-hydroxylation sites is 2. The van der Waals surface area contributed by atoms with Crippen molar-refractivity contribution in [3.63, 3.8) is 0 Å². The Morgan fingerprint density at radius 1 is 1.08 bits per heavy atom. The van der Waals surface area contributed by atoms with Gasteiger partial charge in [-0.2, -0.15) is 0 Å². The van der Waals surface area contributed by atoms with Crippen LogP contribution in [0.4, 0.5) is 11.4 Å². The molecule has 0 spiro atoms. The van der Waals surface area contributed by atoms with Crippen molar-refractivity contribution in [3.05, 3.63) is 59.7 Å². The molecular formula is C21H24N2O2.